The molecule has 0 aromatic heterocycles. The summed E-state index contributed by atoms with van der Waals surface area (Å²) < 4.78 is 27.1. The van der Waals surface area contributed by atoms with Crippen molar-refractivity contribution < 1.29 is 8.78 Å². The number of dihydropyridines is 1. The maximum atomic E-state index is 13.5. The van der Waals surface area contributed by atoms with Crippen LogP contribution in [0, 0.1) is 17.8 Å². The summed E-state index contributed by atoms with van der Waals surface area (Å²) in [4.78, 5) is 0. The molecule has 0 bridgehead atoms. The van der Waals surface area contributed by atoms with Crippen LogP contribution in [-0.2, 0) is 0 Å². The molecule has 2 fully saturated rings. The third kappa shape index (κ3) is 1.40. The average molecular weight is 211 g/mol. The number of alkyl halides is 2. The van der Waals surface area contributed by atoms with E-state index in [9.17, 15) is 8.78 Å². The standard InChI is InChI=1S/C12H15F2N/c1-7-2-5-9(15-6-7)11-10(8-3-4-8)12(11,13)14/h2,5,8,10-11,15H,3-4,6H2,1H3. The topological polar surface area (TPSA) is 12.0 Å². The molecule has 1 nitrogen and oxygen atoms in total. The number of halogens is 2. The Morgan fingerprint density at radius 3 is 2.60 bits per heavy atom. The van der Waals surface area contributed by atoms with Gasteiger partial charge in [-0.3, -0.25) is 0 Å². The highest BCUT2D eigenvalue weighted by atomic mass is 19.3. The Morgan fingerprint density at radius 1 is 1.33 bits per heavy atom. The van der Waals surface area contributed by atoms with Crippen LogP contribution >= 0.6 is 0 Å². The van der Waals surface area contributed by atoms with Crippen LogP contribution in [0.2, 0.25) is 0 Å². The van der Waals surface area contributed by atoms with E-state index in [1.165, 1.54) is 5.57 Å². The van der Waals surface area contributed by atoms with Gasteiger partial charge in [0.1, 0.15) is 0 Å². The summed E-state index contributed by atoms with van der Waals surface area (Å²) in [6.45, 7) is 2.72. The minimum absolute atomic E-state index is 0.291. The monoisotopic (exact) mass is 211 g/mol. The Hall–Kier alpha value is -0.860. The highest BCUT2D eigenvalue weighted by Crippen LogP contribution is 2.66. The molecule has 0 saturated heterocycles. The third-order valence-electron chi connectivity index (χ3n) is 3.69. The third-order valence-corrected chi connectivity index (χ3v) is 3.69. The Balaban J connectivity index is 1.79. The maximum absolute atomic E-state index is 13.5. The fraction of sp³-hybridized carbons (Fsp3) is 0.667. The van der Waals surface area contributed by atoms with Crippen molar-refractivity contribution in [3.8, 4) is 0 Å². The van der Waals surface area contributed by atoms with Crippen molar-refractivity contribution in [1.82, 2.24) is 5.32 Å². The van der Waals surface area contributed by atoms with Crippen LogP contribution in [0.1, 0.15) is 19.8 Å². The van der Waals surface area contributed by atoms with E-state index in [1.54, 1.807) is 0 Å². The predicted molar refractivity (Wildman–Crippen MR) is 54.5 cm³/mol. The normalized spacial score (nSPS) is 37.8. The van der Waals surface area contributed by atoms with Crippen molar-refractivity contribution in [2.24, 2.45) is 17.8 Å². The van der Waals surface area contributed by atoms with E-state index in [0.29, 0.717) is 5.92 Å². The number of allylic oxidation sites excluding steroid dienone is 3. The molecule has 0 amide bonds. The van der Waals surface area contributed by atoms with E-state index in [0.717, 1.165) is 25.1 Å². The van der Waals surface area contributed by atoms with Gasteiger partial charge in [-0.2, -0.15) is 0 Å². The highest BCUT2D eigenvalue weighted by Gasteiger charge is 2.73. The summed E-state index contributed by atoms with van der Waals surface area (Å²) in [5.41, 5.74) is 1.95. The van der Waals surface area contributed by atoms with E-state index in [4.69, 9.17) is 0 Å². The summed E-state index contributed by atoms with van der Waals surface area (Å²) in [5.74, 6) is -3.05. The summed E-state index contributed by atoms with van der Waals surface area (Å²) in [6.07, 6.45) is 5.78. The van der Waals surface area contributed by atoms with E-state index < -0.39 is 11.8 Å². The van der Waals surface area contributed by atoms with Crippen LogP contribution in [0.4, 0.5) is 8.78 Å². The Labute approximate surface area is 88.2 Å². The number of rotatable bonds is 2. The molecule has 2 saturated carbocycles. The van der Waals surface area contributed by atoms with Gasteiger partial charge < -0.3 is 5.32 Å². The molecule has 1 aliphatic heterocycles. The van der Waals surface area contributed by atoms with Crippen molar-refractivity contribution in [2.45, 2.75) is 25.7 Å². The summed E-state index contributed by atoms with van der Waals surface area (Å²) in [7, 11) is 0. The number of nitrogens with one attached hydrogen (secondary N) is 1. The van der Waals surface area contributed by atoms with Crippen molar-refractivity contribution in [1.29, 1.82) is 0 Å². The van der Waals surface area contributed by atoms with Crippen molar-refractivity contribution in [3.05, 3.63) is 23.4 Å². The SMILES string of the molecule is CC1=CC=C(C2C(C3CC3)C2(F)F)NC1. The van der Waals surface area contributed by atoms with E-state index in [-0.39, 0.29) is 5.92 Å². The fourth-order valence-electron chi connectivity index (χ4n) is 2.60. The molecule has 3 heteroatoms. The molecule has 0 aromatic rings. The zero-order valence-corrected chi connectivity index (χ0v) is 8.76. The second-order valence-corrected chi connectivity index (χ2v) is 5.00. The van der Waals surface area contributed by atoms with Crippen molar-refractivity contribution >= 4 is 0 Å². The first-order valence-corrected chi connectivity index (χ1v) is 5.59. The Bertz CT molecular complexity index is 353. The lowest BCUT2D eigenvalue weighted by molar-refractivity contribution is 0.0842. The van der Waals surface area contributed by atoms with Crippen LogP contribution in [0.25, 0.3) is 0 Å². The minimum Gasteiger partial charge on any atom is -0.384 e. The fourth-order valence-corrected chi connectivity index (χ4v) is 2.60. The van der Waals surface area contributed by atoms with E-state index in [2.05, 4.69) is 5.32 Å². The number of hydrogen-bond donors (Lipinski definition) is 1. The van der Waals surface area contributed by atoms with Gasteiger partial charge in [0.25, 0.3) is 5.92 Å². The first-order valence-electron chi connectivity index (χ1n) is 5.59. The van der Waals surface area contributed by atoms with Gasteiger partial charge in [0.05, 0.1) is 5.92 Å². The lowest BCUT2D eigenvalue weighted by Crippen LogP contribution is -2.21. The van der Waals surface area contributed by atoms with Crippen LogP contribution in [0.5, 0.6) is 0 Å². The molecule has 3 aliphatic rings. The molecular formula is C12H15F2N. The molecule has 82 valence electrons. The molecule has 1 heterocycles. The first-order chi connectivity index (χ1) is 7.10. The second kappa shape index (κ2) is 2.83. The van der Waals surface area contributed by atoms with Crippen LogP contribution < -0.4 is 5.32 Å². The highest BCUT2D eigenvalue weighted by molar-refractivity contribution is 5.32. The lowest BCUT2D eigenvalue weighted by atomic mass is 10.1. The second-order valence-electron chi connectivity index (χ2n) is 5.00. The van der Waals surface area contributed by atoms with Gasteiger partial charge in [-0.1, -0.05) is 11.6 Å². The largest absolute Gasteiger partial charge is 0.384 e. The molecule has 3 rings (SSSR count). The quantitative estimate of drug-likeness (QED) is 0.740. The molecule has 0 radical (unpaired) electrons. The van der Waals surface area contributed by atoms with Gasteiger partial charge in [-0.05, 0) is 31.8 Å². The molecule has 15 heavy (non-hydrogen) atoms. The van der Waals surface area contributed by atoms with Gasteiger partial charge in [0.2, 0.25) is 0 Å². The Morgan fingerprint density at radius 2 is 2.07 bits per heavy atom. The zero-order valence-electron chi connectivity index (χ0n) is 8.76. The molecule has 1 N–H and O–H groups in total. The summed E-state index contributed by atoms with van der Waals surface area (Å²) in [5, 5.41) is 3.11. The first kappa shape index (κ1) is 9.37. The molecule has 2 unspecified atom stereocenters. The maximum Gasteiger partial charge on any atom is 0.260 e. The summed E-state index contributed by atoms with van der Waals surface area (Å²) in [6, 6.07) is 0. The van der Waals surface area contributed by atoms with Gasteiger partial charge >= 0.3 is 0 Å². The Kier molecular flexibility index (Phi) is 1.77. The van der Waals surface area contributed by atoms with Gasteiger partial charge in [-0.25, -0.2) is 8.78 Å². The smallest absolute Gasteiger partial charge is 0.260 e. The molecule has 0 spiro atoms. The lowest BCUT2D eigenvalue weighted by Gasteiger charge is -2.14. The molecular weight excluding hydrogens is 196 g/mol. The minimum atomic E-state index is -2.45. The van der Waals surface area contributed by atoms with E-state index in [1.807, 2.05) is 19.1 Å². The molecule has 0 aromatic carbocycles. The molecule has 2 atom stereocenters. The number of hydrogen-bond acceptors (Lipinski definition) is 1. The van der Waals surface area contributed by atoms with Crippen LogP contribution in [0.15, 0.2) is 23.4 Å². The van der Waals surface area contributed by atoms with Crippen LogP contribution in [-0.4, -0.2) is 12.5 Å². The summed E-state index contributed by atoms with van der Waals surface area (Å²) >= 11 is 0. The van der Waals surface area contributed by atoms with Crippen molar-refractivity contribution in [3.63, 3.8) is 0 Å². The van der Waals surface area contributed by atoms with Crippen molar-refractivity contribution in [2.75, 3.05) is 6.54 Å². The van der Waals surface area contributed by atoms with Gasteiger partial charge in [-0.15, -0.1) is 0 Å². The predicted octanol–water partition coefficient (Wildman–Crippen LogP) is 2.71. The van der Waals surface area contributed by atoms with E-state index >= 15 is 0 Å². The van der Waals surface area contributed by atoms with Gasteiger partial charge in [0, 0.05) is 18.2 Å². The molecule has 2 aliphatic carbocycles. The van der Waals surface area contributed by atoms with Gasteiger partial charge in [0.15, 0.2) is 0 Å². The van der Waals surface area contributed by atoms with Crippen LogP contribution in [0.3, 0.4) is 0 Å². The average Bonchev–Trinajstić information content (AvgIpc) is 3.04. The zero-order chi connectivity index (χ0) is 10.6.